The molecule has 2 rings (SSSR count). The van der Waals surface area contributed by atoms with Crippen molar-refractivity contribution in [3.63, 3.8) is 0 Å². The molecule has 0 bridgehead atoms. The number of nitrogens with zero attached hydrogens (tertiary/aromatic N) is 1. The van der Waals surface area contributed by atoms with E-state index in [2.05, 4.69) is 19.2 Å². The largest absolute Gasteiger partial charge is 0.331 e. The van der Waals surface area contributed by atoms with Crippen molar-refractivity contribution in [1.82, 2.24) is 4.31 Å². The van der Waals surface area contributed by atoms with Crippen LogP contribution in [0.4, 0.5) is 5.69 Å². The first-order valence-corrected chi connectivity index (χ1v) is 9.51. The zero-order valence-corrected chi connectivity index (χ0v) is 14.8. The third-order valence-corrected chi connectivity index (χ3v) is 6.40. The number of nitrogens with one attached hydrogen (secondary N) is 2. The van der Waals surface area contributed by atoms with Gasteiger partial charge in [0, 0.05) is 12.6 Å². The standard InChI is InChI=1S/C16H25N3O3S/c1-4-13(2)18-9-11-19(12-10-18)23(21,22)16-7-5-15(6-8-16)17-14(3)20/h5-8,13H,4,9-12H2,1-3H3,(H,17,20)/p+1. The van der Waals surface area contributed by atoms with Gasteiger partial charge in [-0.05, 0) is 37.6 Å². The van der Waals surface area contributed by atoms with Gasteiger partial charge in [-0.2, -0.15) is 4.31 Å². The van der Waals surface area contributed by atoms with E-state index in [0.717, 1.165) is 19.5 Å². The molecule has 23 heavy (non-hydrogen) atoms. The summed E-state index contributed by atoms with van der Waals surface area (Å²) in [6, 6.07) is 6.91. The fraction of sp³-hybridized carbons (Fsp3) is 0.562. The van der Waals surface area contributed by atoms with Gasteiger partial charge in [0.05, 0.1) is 37.1 Å². The number of piperazine rings is 1. The number of carbonyl (C=O) groups is 1. The SMILES string of the molecule is CCC(C)[NH+]1CCN(S(=O)(=O)c2ccc(NC(C)=O)cc2)CC1. The van der Waals surface area contributed by atoms with Crippen LogP contribution in [0.15, 0.2) is 29.2 Å². The third kappa shape index (κ3) is 4.31. The summed E-state index contributed by atoms with van der Waals surface area (Å²) in [5.41, 5.74) is 0.600. The van der Waals surface area contributed by atoms with Gasteiger partial charge in [-0.25, -0.2) is 8.42 Å². The number of hydrogen-bond donors (Lipinski definition) is 2. The van der Waals surface area contributed by atoms with Crippen molar-refractivity contribution >= 4 is 21.6 Å². The van der Waals surface area contributed by atoms with Crippen LogP contribution in [0.1, 0.15) is 27.2 Å². The van der Waals surface area contributed by atoms with Crippen LogP contribution in [0, 0.1) is 0 Å². The summed E-state index contributed by atoms with van der Waals surface area (Å²) >= 11 is 0. The smallest absolute Gasteiger partial charge is 0.243 e. The Labute approximate surface area is 138 Å². The van der Waals surface area contributed by atoms with Crippen LogP contribution in [0.5, 0.6) is 0 Å². The quantitative estimate of drug-likeness (QED) is 0.812. The Balaban J connectivity index is 2.06. The average Bonchev–Trinajstić information content (AvgIpc) is 2.54. The molecule has 128 valence electrons. The van der Waals surface area contributed by atoms with Gasteiger partial charge in [0.1, 0.15) is 0 Å². The minimum absolute atomic E-state index is 0.176. The lowest BCUT2D eigenvalue weighted by molar-refractivity contribution is -0.927. The Morgan fingerprint density at radius 2 is 1.83 bits per heavy atom. The molecule has 0 radical (unpaired) electrons. The molecular weight excluding hydrogens is 314 g/mol. The number of benzene rings is 1. The van der Waals surface area contributed by atoms with Gasteiger partial charge < -0.3 is 10.2 Å². The Hall–Kier alpha value is -1.44. The van der Waals surface area contributed by atoms with Gasteiger partial charge in [0.15, 0.2) is 0 Å². The molecule has 1 atom stereocenters. The molecule has 0 aliphatic carbocycles. The average molecular weight is 340 g/mol. The molecule has 1 amide bonds. The summed E-state index contributed by atoms with van der Waals surface area (Å²) in [6.45, 7) is 8.59. The summed E-state index contributed by atoms with van der Waals surface area (Å²) in [5.74, 6) is -0.176. The number of hydrogen-bond acceptors (Lipinski definition) is 3. The first-order chi connectivity index (χ1) is 10.8. The molecule has 6 nitrogen and oxygen atoms in total. The molecule has 7 heteroatoms. The summed E-state index contributed by atoms with van der Waals surface area (Å²) < 4.78 is 27.0. The Kier molecular flexibility index (Phi) is 5.78. The van der Waals surface area contributed by atoms with Crippen molar-refractivity contribution in [1.29, 1.82) is 0 Å². The predicted molar refractivity (Wildman–Crippen MR) is 90.0 cm³/mol. The van der Waals surface area contributed by atoms with Crippen LogP contribution in [0.2, 0.25) is 0 Å². The molecule has 1 aliphatic rings. The maximum atomic E-state index is 12.7. The van der Waals surface area contributed by atoms with Crippen molar-refractivity contribution in [2.75, 3.05) is 31.5 Å². The zero-order valence-electron chi connectivity index (χ0n) is 14.0. The van der Waals surface area contributed by atoms with Gasteiger partial charge in [0.25, 0.3) is 0 Å². The Morgan fingerprint density at radius 1 is 1.26 bits per heavy atom. The Morgan fingerprint density at radius 3 is 2.30 bits per heavy atom. The lowest BCUT2D eigenvalue weighted by atomic mass is 10.2. The molecule has 1 aliphatic heterocycles. The molecule has 1 aromatic rings. The van der Waals surface area contributed by atoms with Crippen molar-refractivity contribution < 1.29 is 18.1 Å². The van der Waals surface area contributed by atoms with Crippen molar-refractivity contribution in [2.24, 2.45) is 0 Å². The molecule has 2 N–H and O–H groups in total. The molecule has 1 heterocycles. The van der Waals surface area contributed by atoms with E-state index in [-0.39, 0.29) is 10.8 Å². The van der Waals surface area contributed by atoms with Gasteiger partial charge in [-0.3, -0.25) is 4.79 Å². The van der Waals surface area contributed by atoms with Crippen LogP contribution in [-0.2, 0) is 14.8 Å². The maximum absolute atomic E-state index is 12.7. The number of amides is 1. The highest BCUT2D eigenvalue weighted by atomic mass is 32.2. The normalized spacial score (nSPS) is 18.6. The number of carbonyl (C=O) groups excluding carboxylic acids is 1. The minimum atomic E-state index is -3.46. The van der Waals surface area contributed by atoms with E-state index in [1.165, 1.54) is 11.8 Å². The second-order valence-corrected chi connectivity index (χ2v) is 8.02. The number of rotatable bonds is 5. The van der Waals surface area contributed by atoms with Gasteiger partial charge in [-0.1, -0.05) is 6.92 Å². The van der Waals surface area contributed by atoms with E-state index in [4.69, 9.17) is 0 Å². The predicted octanol–water partition coefficient (Wildman–Crippen LogP) is 0.333. The lowest BCUT2D eigenvalue weighted by Crippen LogP contribution is -3.17. The lowest BCUT2D eigenvalue weighted by Gasteiger charge is -2.34. The topological polar surface area (TPSA) is 70.9 Å². The highest BCUT2D eigenvalue weighted by Gasteiger charge is 2.31. The van der Waals surface area contributed by atoms with Crippen LogP contribution >= 0.6 is 0 Å². The van der Waals surface area contributed by atoms with Crippen molar-refractivity contribution in [3.8, 4) is 0 Å². The van der Waals surface area contributed by atoms with Gasteiger partial charge >= 0.3 is 0 Å². The number of quaternary nitrogens is 1. The van der Waals surface area contributed by atoms with Gasteiger partial charge in [-0.15, -0.1) is 0 Å². The zero-order chi connectivity index (χ0) is 17.0. The van der Waals surface area contributed by atoms with Gasteiger partial charge in [0.2, 0.25) is 15.9 Å². The molecular formula is C16H26N3O3S+. The molecule has 0 spiro atoms. The van der Waals surface area contributed by atoms with Crippen LogP contribution in [-0.4, -0.2) is 50.9 Å². The summed E-state index contributed by atoms with van der Waals surface area (Å²) in [4.78, 5) is 12.8. The second kappa shape index (κ2) is 7.42. The third-order valence-electron chi connectivity index (χ3n) is 4.49. The first-order valence-electron chi connectivity index (χ1n) is 8.07. The fourth-order valence-corrected chi connectivity index (χ4v) is 4.30. The van der Waals surface area contributed by atoms with Crippen LogP contribution in [0.25, 0.3) is 0 Å². The van der Waals surface area contributed by atoms with Crippen LogP contribution < -0.4 is 10.2 Å². The highest BCUT2D eigenvalue weighted by molar-refractivity contribution is 7.89. The van der Waals surface area contributed by atoms with Crippen molar-refractivity contribution in [3.05, 3.63) is 24.3 Å². The summed E-state index contributed by atoms with van der Waals surface area (Å²) in [7, 11) is -3.46. The van der Waals surface area contributed by atoms with E-state index in [9.17, 15) is 13.2 Å². The second-order valence-electron chi connectivity index (χ2n) is 6.08. The van der Waals surface area contributed by atoms with E-state index >= 15 is 0 Å². The number of anilines is 1. The highest BCUT2D eigenvalue weighted by Crippen LogP contribution is 2.18. The van der Waals surface area contributed by atoms with E-state index in [1.54, 1.807) is 28.6 Å². The summed E-state index contributed by atoms with van der Waals surface area (Å²) in [6.07, 6.45) is 1.10. The monoisotopic (exact) mass is 340 g/mol. The molecule has 0 aromatic heterocycles. The molecule has 1 unspecified atom stereocenters. The summed E-state index contributed by atoms with van der Waals surface area (Å²) in [5, 5.41) is 2.64. The first kappa shape index (κ1) is 17.9. The number of sulfonamides is 1. The molecule has 1 saturated heterocycles. The molecule has 1 aromatic carbocycles. The van der Waals surface area contributed by atoms with E-state index in [0.29, 0.717) is 24.8 Å². The van der Waals surface area contributed by atoms with E-state index < -0.39 is 10.0 Å². The van der Waals surface area contributed by atoms with E-state index in [1.807, 2.05) is 0 Å². The van der Waals surface area contributed by atoms with Crippen molar-refractivity contribution in [2.45, 2.75) is 38.1 Å². The Bertz CT molecular complexity index is 635. The minimum Gasteiger partial charge on any atom is -0.331 e. The fourth-order valence-electron chi connectivity index (χ4n) is 2.86. The van der Waals surface area contributed by atoms with Crippen LogP contribution in [0.3, 0.4) is 0 Å². The molecule has 1 fully saturated rings. The maximum Gasteiger partial charge on any atom is 0.243 e. The molecule has 0 saturated carbocycles.